The zero-order chi connectivity index (χ0) is 26.5. The number of aliphatic hydroxyl groups is 1. The van der Waals surface area contributed by atoms with Crippen LogP contribution < -0.4 is 9.64 Å². The number of nitrogens with zero attached hydrogens (tertiary/aromatic N) is 3. The van der Waals surface area contributed by atoms with E-state index in [2.05, 4.69) is 52.3 Å². The fourth-order valence-corrected chi connectivity index (χ4v) is 5.62. The lowest BCUT2D eigenvalue weighted by molar-refractivity contribution is 0.00515. The van der Waals surface area contributed by atoms with E-state index in [1.807, 2.05) is 56.7 Å². The zero-order valence-electron chi connectivity index (χ0n) is 22.5. The Bertz CT molecular complexity index is 1350. The third-order valence-electron chi connectivity index (χ3n) is 7.55. The third-order valence-corrected chi connectivity index (χ3v) is 7.55. The van der Waals surface area contributed by atoms with Gasteiger partial charge in [0.1, 0.15) is 5.60 Å². The maximum atomic E-state index is 13.1. The molecule has 1 N–H and O–H groups in total. The SMILES string of the molecule is COc1ncc(N2CCOCC2)cc1C(c1ccccc1)C(O)(CCN(C)C)c1cccc2ccccc12. The Balaban J connectivity index is 1.76. The highest BCUT2D eigenvalue weighted by molar-refractivity contribution is 5.86. The molecule has 1 saturated heterocycles. The Labute approximate surface area is 225 Å². The summed E-state index contributed by atoms with van der Waals surface area (Å²) in [5, 5.41) is 15.2. The highest BCUT2D eigenvalue weighted by Crippen LogP contribution is 2.49. The molecular formula is C32H37N3O3. The molecule has 6 heteroatoms. The van der Waals surface area contributed by atoms with Gasteiger partial charge in [0.2, 0.25) is 5.88 Å². The molecule has 38 heavy (non-hydrogen) atoms. The summed E-state index contributed by atoms with van der Waals surface area (Å²) in [7, 11) is 5.74. The number of ether oxygens (including phenoxy) is 2. The van der Waals surface area contributed by atoms with Crippen molar-refractivity contribution in [3.05, 3.63) is 102 Å². The summed E-state index contributed by atoms with van der Waals surface area (Å²) in [4.78, 5) is 9.17. The van der Waals surface area contributed by atoms with Crippen LogP contribution in [0.3, 0.4) is 0 Å². The van der Waals surface area contributed by atoms with Crippen LogP contribution in [0.4, 0.5) is 5.69 Å². The van der Waals surface area contributed by atoms with Crippen molar-refractivity contribution in [2.75, 3.05) is 59.0 Å². The smallest absolute Gasteiger partial charge is 0.217 e. The van der Waals surface area contributed by atoms with Gasteiger partial charge in [-0.3, -0.25) is 0 Å². The van der Waals surface area contributed by atoms with Gasteiger partial charge in [0, 0.05) is 31.1 Å². The van der Waals surface area contributed by atoms with Gasteiger partial charge in [0.05, 0.1) is 32.2 Å². The van der Waals surface area contributed by atoms with Gasteiger partial charge in [-0.25, -0.2) is 4.98 Å². The van der Waals surface area contributed by atoms with Crippen LogP contribution in [0.25, 0.3) is 10.8 Å². The summed E-state index contributed by atoms with van der Waals surface area (Å²) in [6.45, 7) is 3.69. The second-order valence-electron chi connectivity index (χ2n) is 10.2. The predicted octanol–water partition coefficient (Wildman–Crippen LogP) is 5.05. The van der Waals surface area contributed by atoms with E-state index in [1.165, 1.54) is 0 Å². The molecule has 0 bridgehead atoms. The first-order valence-electron chi connectivity index (χ1n) is 13.3. The molecule has 2 heterocycles. The first-order valence-corrected chi connectivity index (χ1v) is 13.3. The third kappa shape index (κ3) is 5.25. The molecule has 1 aliphatic rings. The molecule has 0 amide bonds. The van der Waals surface area contributed by atoms with Crippen LogP contribution in [0.1, 0.15) is 29.0 Å². The number of hydrogen-bond donors (Lipinski definition) is 1. The fourth-order valence-electron chi connectivity index (χ4n) is 5.62. The Morgan fingerprint density at radius 2 is 1.71 bits per heavy atom. The number of rotatable bonds is 9. The van der Waals surface area contributed by atoms with Crippen LogP contribution in [0, 0.1) is 0 Å². The fraction of sp³-hybridized carbons (Fsp3) is 0.344. The minimum atomic E-state index is -1.24. The summed E-state index contributed by atoms with van der Waals surface area (Å²) < 4.78 is 11.4. The van der Waals surface area contributed by atoms with Crippen molar-refractivity contribution in [1.82, 2.24) is 9.88 Å². The largest absolute Gasteiger partial charge is 0.481 e. The predicted molar refractivity (Wildman–Crippen MR) is 153 cm³/mol. The highest BCUT2D eigenvalue weighted by atomic mass is 16.5. The molecule has 0 saturated carbocycles. The van der Waals surface area contributed by atoms with Gasteiger partial charge >= 0.3 is 0 Å². The summed E-state index contributed by atoms with van der Waals surface area (Å²) in [5.74, 6) is 0.109. The molecule has 0 spiro atoms. The molecular weight excluding hydrogens is 474 g/mol. The van der Waals surface area contributed by atoms with Gasteiger partial charge in [-0.05, 0) is 48.5 Å². The molecule has 0 aliphatic carbocycles. The van der Waals surface area contributed by atoms with E-state index in [4.69, 9.17) is 14.5 Å². The van der Waals surface area contributed by atoms with Gasteiger partial charge in [-0.15, -0.1) is 0 Å². The first kappa shape index (κ1) is 26.2. The second kappa shape index (κ2) is 11.5. The number of fused-ring (bicyclic) bond motifs is 1. The maximum absolute atomic E-state index is 13.1. The van der Waals surface area contributed by atoms with E-state index in [9.17, 15) is 5.11 Å². The molecule has 0 radical (unpaired) electrons. The number of methoxy groups -OCH3 is 1. The number of pyridine rings is 1. The van der Waals surface area contributed by atoms with E-state index < -0.39 is 11.5 Å². The average molecular weight is 512 g/mol. The molecule has 3 aromatic carbocycles. The zero-order valence-corrected chi connectivity index (χ0v) is 22.5. The Kier molecular flexibility index (Phi) is 7.93. The molecule has 5 rings (SSSR count). The number of benzene rings is 3. The highest BCUT2D eigenvalue weighted by Gasteiger charge is 2.43. The van der Waals surface area contributed by atoms with Gasteiger partial charge in [0.25, 0.3) is 0 Å². The van der Waals surface area contributed by atoms with Crippen LogP contribution in [0.2, 0.25) is 0 Å². The molecule has 2 atom stereocenters. The minimum absolute atomic E-state index is 0.419. The van der Waals surface area contributed by atoms with Crippen molar-refractivity contribution >= 4 is 16.5 Å². The minimum Gasteiger partial charge on any atom is -0.481 e. The summed E-state index contributed by atoms with van der Waals surface area (Å²) in [5.41, 5.74) is 2.56. The second-order valence-corrected chi connectivity index (χ2v) is 10.2. The van der Waals surface area contributed by atoms with Gasteiger partial charge < -0.3 is 24.4 Å². The maximum Gasteiger partial charge on any atom is 0.217 e. The topological polar surface area (TPSA) is 58.1 Å². The molecule has 1 aromatic heterocycles. The molecule has 1 aliphatic heterocycles. The van der Waals surface area contributed by atoms with Crippen LogP contribution in [-0.2, 0) is 10.3 Å². The quantitative estimate of drug-likeness (QED) is 0.339. The van der Waals surface area contributed by atoms with Crippen LogP contribution in [-0.4, -0.2) is 69.0 Å². The van der Waals surface area contributed by atoms with E-state index in [1.54, 1.807) is 7.11 Å². The van der Waals surface area contributed by atoms with E-state index in [0.717, 1.165) is 46.2 Å². The lowest BCUT2D eigenvalue weighted by atomic mass is 9.70. The monoisotopic (exact) mass is 511 g/mol. The lowest BCUT2D eigenvalue weighted by Crippen LogP contribution is -2.39. The average Bonchev–Trinajstić information content (AvgIpc) is 2.97. The Morgan fingerprint density at radius 3 is 2.45 bits per heavy atom. The summed E-state index contributed by atoms with van der Waals surface area (Å²) in [6.07, 6.45) is 2.39. The first-order chi connectivity index (χ1) is 18.5. The molecule has 1 fully saturated rings. The molecule has 198 valence electrons. The number of anilines is 1. The van der Waals surface area contributed by atoms with Gasteiger partial charge in [-0.2, -0.15) is 0 Å². The van der Waals surface area contributed by atoms with Crippen molar-refractivity contribution < 1.29 is 14.6 Å². The van der Waals surface area contributed by atoms with Crippen LogP contribution in [0.15, 0.2) is 85.1 Å². The molecule has 2 unspecified atom stereocenters. The number of hydrogen-bond acceptors (Lipinski definition) is 6. The van der Waals surface area contributed by atoms with Crippen molar-refractivity contribution in [1.29, 1.82) is 0 Å². The normalized spacial score (nSPS) is 16.4. The van der Waals surface area contributed by atoms with Crippen molar-refractivity contribution in [2.24, 2.45) is 0 Å². The number of aromatic nitrogens is 1. The van der Waals surface area contributed by atoms with Crippen LogP contribution >= 0.6 is 0 Å². The summed E-state index contributed by atoms with van der Waals surface area (Å²) >= 11 is 0. The lowest BCUT2D eigenvalue weighted by Gasteiger charge is -2.40. The van der Waals surface area contributed by atoms with E-state index in [-0.39, 0.29) is 0 Å². The standard InChI is InChI=1S/C32H37N3O3/c1-34(2)17-16-32(36,29-15-9-13-24-10-7-8-14-27(24)29)30(25-11-5-4-6-12-25)28-22-26(23-33-31(28)37-3)35-18-20-38-21-19-35/h4-15,22-23,30,36H,16-21H2,1-3H3. The number of morpholine rings is 1. The molecule has 6 nitrogen and oxygen atoms in total. The van der Waals surface area contributed by atoms with Gasteiger partial charge in [-0.1, -0.05) is 72.8 Å². The molecule has 4 aromatic rings. The van der Waals surface area contributed by atoms with Crippen molar-refractivity contribution in [2.45, 2.75) is 17.9 Å². The van der Waals surface area contributed by atoms with Crippen molar-refractivity contribution in [3.63, 3.8) is 0 Å². The van der Waals surface area contributed by atoms with Crippen LogP contribution in [0.5, 0.6) is 5.88 Å². The van der Waals surface area contributed by atoms with Gasteiger partial charge in [0.15, 0.2) is 0 Å². The van der Waals surface area contributed by atoms with E-state index in [0.29, 0.717) is 32.1 Å². The van der Waals surface area contributed by atoms with Crippen molar-refractivity contribution in [3.8, 4) is 5.88 Å². The summed E-state index contributed by atoms with van der Waals surface area (Å²) in [6, 6.07) is 26.9. The Hall–Kier alpha value is -3.45. The Morgan fingerprint density at radius 1 is 1.00 bits per heavy atom. The van der Waals surface area contributed by atoms with E-state index >= 15 is 0 Å².